The highest BCUT2D eigenvalue weighted by atomic mass is 15.2. The number of hydrogen-bond acceptors (Lipinski definition) is 1. The van der Waals surface area contributed by atoms with Gasteiger partial charge in [-0.05, 0) is 113 Å². The van der Waals surface area contributed by atoms with Gasteiger partial charge in [0, 0.05) is 16.5 Å². The van der Waals surface area contributed by atoms with E-state index in [0.29, 0.717) is 0 Å². The summed E-state index contributed by atoms with van der Waals surface area (Å²) in [6.07, 6.45) is 0. The lowest BCUT2D eigenvalue weighted by atomic mass is 9.72. The van der Waals surface area contributed by atoms with Crippen LogP contribution in [0, 0.1) is 0 Å². The molecule has 8 aromatic rings. The van der Waals surface area contributed by atoms with E-state index in [0.717, 1.165) is 0 Å². The van der Waals surface area contributed by atoms with Gasteiger partial charge in [0.2, 0.25) is 0 Å². The van der Waals surface area contributed by atoms with Crippen LogP contribution in [0.2, 0.25) is 0 Å². The molecule has 1 heterocycles. The van der Waals surface area contributed by atoms with Crippen LogP contribution in [0.5, 0.6) is 0 Å². The van der Waals surface area contributed by atoms with Gasteiger partial charge in [0.15, 0.2) is 0 Å². The largest absolute Gasteiger partial charge is 0.310 e. The zero-order valence-electron chi connectivity index (χ0n) is 28.4. The molecule has 0 saturated carbocycles. The van der Waals surface area contributed by atoms with Crippen LogP contribution in [0.15, 0.2) is 152 Å². The second-order valence-electron chi connectivity index (χ2n) is 15.0. The Balaban J connectivity index is 1.16. The van der Waals surface area contributed by atoms with Crippen LogP contribution in [-0.4, -0.2) is 0 Å². The molecule has 2 aliphatic rings. The first kappa shape index (κ1) is 28.4. The summed E-state index contributed by atoms with van der Waals surface area (Å²) in [5, 5.41) is 7.84. The topological polar surface area (TPSA) is 3.24 Å². The summed E-state index contributed by atoms with van der Waals surface area (Å²) >= 11 is 0. The Morgan fingerprint density at radius 2 is 0.857 bits per heavy atom. The number of anilines is 3. The van der Waals surface area contributed by atoms with Gasteiger partial charge in [0.1, 0.15) is 0 Å². The summed E-state index contributed by atoms with van der Waals surface area (Å²) in [7, 11) is 0. The second-order valence-corrected chi connectivity index (χ2v) is 15.0. The minimum atomic E-state index is -0.176. The fraction of sp³-hybridized carbons (Fsp3) is 0.125. The molecular weight excluding hydrogens is 591 g/mol. The van der Waals surface area contributed by atoms with E-state index in [-0.39, 0.29) is 10.8 Å². The SMILES string of the molecule is CC1(C)c2ccccc2-c2ccc(N3c4ccccc4C(C)(C)c4cc(-c5ccc6c7ccccc7c7ccccc7c6c5)ccc43)cc21. The van der Waals surface area contributed by atoms with Crippen LogP contribution < -0.4 is 4.90 Å². The molecule has 0 spiro atoms. The predicted octanol–water partition coefficient (Wildman–Crippen LogP) is 13.2. The van der Waals surface area contributed by atoms with Crippen LogP contribution in [0.25, 0.3) is 54.6 Å². The molecule has 1 heteroatoms. The predicted molar refractivity (Wildman–Crippen MR) is 209 cm³/mol. The number of hydrogen-bond donors (Lipinski definition) is 0. The highest BCUT2D eigenvalue weighted by molar-refractivity contribution is 6.25. The number of benzene rings is 8. The van der Waals surface area contributed by atoms with Gasteiger partial charge in [-0.25, -0.2) is 0 Å². The first-order valence-corrected chi connectivity index (χ1v) is 17.4. The molecule has 1 nitrogen and oxygen atoms in total. The summed E-state index contributed by atoms with van der Waals surface area (Å²) in [5.41, 5.74) is 14.2. The Morgan fingerprint density at radius 1 is 0.347 bits per heavy atom. The van der Waals surface area contributed by atoms with E-state index in [1.54, 1.807) is 0 Å². The molecular formula is C48H37N. The highest BCUT2D eigenvalue weighted by Gasteiger charge is 2.39. The smallest absolute Gasteiger partial charge is 0.0503 e. The maximum absolute atomic E-state index is 2.50. The average Bonchev–Trinajstić information content (AvgIpc) is 3.37. The molecule has 1 aliphatic heterocycles. The third kappa shape index (κ3) is 3.88. The van der Waals surface area contributed by atoms with Crippen molar-refractivity contribution in [2.45, 2.75) is 38.5 Å². The van der Waals surface area contributed by atoms with Crippen molar-refractivity contribution in [3.63, 3.8) is 0 Å². The fourth-order valence-corrected chi connectivity index (χ4v) is 9.08. The summed E-state index contributed by atoms with van der Waals surface area (Å²) in [5.74, 6) is 0. The molecule has 0 fully saturated rings. The monoisotopic (exact) mass is 627 g/mol. The van der Waals surface area contributed by atoms with Crippen LogP contribution in [0.1, 0.15) is 49.9 Å². The molecule has 0 amide bonds. The molecule has 0 atom stereocenters. The molecule has 0 unspecified atom stereocenters. The Kier molecular flexibility index (Phi) is 5.75. The van der Waals surface area contributed by atoms with Crippen molar-refractivity contribution in [1.82, 2.24) is 0 Å². The normalized spacial score (nSPS) is 15.2. The van der Waals surface area contributed by atoms with Gasteiger partial charge in [-0.3, -0.25) is 0 Å². The lowest BCUT2D eigenvalue weighted by molar-refractivity contribution is 0.632. The first-order valence-electron chi connectivity index (χ1n) is 17.4. The van der Waals surface area contributed by atoms with Gasteiger partial charge in [0.25, 0.3) is 0 Å². The van der Waals surface area contributed by atoms with Gasteiger partial charge in [-0.15, -0.1) is 0 Å². The Hall–Kier alpha value is -5.66. The van der Waals surface area contributed by atoms with Crippen molar-refractivity contribution in [2.24, 2.45) is 0 Å². The molecule has 10 rings (SSSR count). The number of fused-ring (bicyclic) bond motifs is 11. The summed E-state index contributed by atoms with van der Waals surface area (Å²) < 4.78 is 0. The van der Waals surface area contributed by atoms with Gasteiger partial charge < -0.3 is 4.90 Å². The van der Waals surface area contributed by atoms with Crippen molar-refractivity contribution < 1.29 is 0 Å². The molecule has 8 aromatic carbocycles. The zero-order chi connectivity index (χ0) is 33.1. The van der Waals surface area contributed by atoms with Crippen LogP contribution in [0.3, 0.4) is 0 Å². The third-order valence-corrected chi connectivity index (χ3v) is 11.6. The zero-order valence-corrected chi connectivity index (χ0v) is 28.4. The van der Waals surface area contributed by atoms with Crippen molar-refractivity contribution in [3.8, 4) is 22.3 Å². The molecule has 0 radical (unpaired) electrons. The van der Waals surface area contributed by atoms with E-state index >= 15 is 0 Å². The standard InChI is InChI=1S/C48H37N/c1-47(2)41-18-10-9-17-38(41)39-25-23-32(29-43(39)47)49-45-20-12-11-19-42(45)48(3,4)44-28-31(22-26-46(44)49)30-21-24-37-35-15-6-5-13-33(35)34-14-7-8-16-36(34)40(37)27-30/h5-29H,1-4H3. The Labute approximate surface area is 288 Å². The minimum Gasteiger partial charge on any atom is -0.310 e. The minimum absolute atomic E-state index is 0.0607. The van der Waals surface area contributed by atoms with Crippen molar-refractivity contribution in [2.75, 3.05) is 4.90 Å². The van der Waals surface area contributed by atoms with Crippen LogP contribution >= 0.6 is 0 Å². The van der Waals surface area contributed by atoms with Crippen LogP contribution in [0.4, 0.5) is 17.1 Å². The van der Waals surface area contributed by atoms with E-state index in [9.17, 15) is 0 Å². The maximum atomic E-state index is 2.50. The summed E-state index contributed by atoms with van der Waals surface area (Å²) in [4.78, 5) is 2.50. The fourth-order valence-electron chi connectivity index (χ4n) is 9.08. The lowest BCUT2D eigenvalue weighted by Gasteiger charge is -2.42. The number of rotatable bonds is 2. The van der Waals surface area contributed by atoms with Crippen LogP contribution in [-0.2, 0) is 10.8 Å². The molecule has 0 bridgehead atoms. The van der Waals surface area contributed by atoms with E-state index in [1.807, 2.05) is 0 Å². The number of para-hydroxylation sites is 1. The van der Waals surface area contributed by atoms with Crippen molar-refractivity contribution >= 4 is 49.4 Å². The van der Waals surface area contributed by atoms with Crippen molar-refractivity contribution in [3.05, 3.63) is 174 Å². The van der Waals surface area contributed by atoms with Gasteiger partial charge >= 0.3 is 0 Å². The lowest BCUT2D eigenvalue weighted by Crippen LogP contribution is -2.30. The molecule has 0 N–H and O–H groups in total. The quantitative estimate of drug-likeness (QED) is 0.172. The molecule has 0 saturated heterocycles. The first-order chi connectivity index (χ1) is 23.8. The van der Waals surface area contributed by atoms with E-state index in [2.05, 4.69) is 184 Å². The van der Waals surface area contributed by atoms with E-state index in [4.69, 9.17) is 0 Å². The Morgan fingerprint density at radius 3 is 1.59 bits per heavy atom. The van der Waals surface area contributed by atoms with E-state index in [1.165, 1.54) is 93.9 Å². The van der Waals surface area contributed by atoms with Gasteiger partial charge in [-0.2, -0.15) is 0 Å². The second kappa shape index (κ2) is 9.94. The van der Waals surface area contributed by atoms with E-state index < -0.39 is 0 Å². The molecule has 0 aromatic heterocycles. The molecule has 234 valence electrons. The highest BCUT2D eigenvalue weighted by Crippen LogP contribution is 2.55. The van der Waals surface area contributed by atoms with Gasteiger partial charge in [0.05, 0.1) is 11.4 Å². The van der Waals surface area contributed by atoms with Crippen molar-refractivity contribution in [1.29, 1.82) is 0 Å². The maximum Gasteiger partial charge on any atom is 0.0503 e. The molecule has 1 aliphatic carbocycles. The summed E-state index contributed by atoms with van der Waals surface area (Å²) in [6, 6.07) is 56.8. The van der Waals surface area contributed by atoms with Gasteiger partial charge in [-0.1, -0.05) is 143 Å². The Bertz CT molecular complexity index is 2640. The molecule has 49 heavy (non-hydrogen) atoms. The average molecular weight is 628 g/mol. The summed E-state index contributed by atoms with van der Waals surface area (Å²) in [6.45, 7) is 9.50. The third-order valence-electron chi connectivity index (χ3n) is 11.6. The number of nitrogens with zero attached hydrogens (tertiary/aromatic N) is 1.